The SMILES string of the molecule is Cc1cnc(NC(=O)c2cccc(S(=O)(=O)NCc3ccccc3)c2)s1. The number of aryl methyl sites for hydroxylation is 1. The zero-order chi connectivity index (χ0) is 18.6. The number of sulfonamides is 1. The van der Waals surface area contributed by atoms with E-state index in [1.54, 1.807) is 18.3 Å². The van der Waals surface area contributed by atoms with Crippen molar-refractivity contribution in [2.45, 2.75) is 18.4 Å². The molecule has 0 radical (unpaired) electrons. The quantitative estimate of drug-likeness (QED) is 0.680. The zero-order valence-electron chi connectivity index (χ0n) is 14.0. The van der Waals surface area contributed by atoms with Crippen LogP contribution in [0.25, 0.3) is 0 Å². The number of thiazole rings is 1. The molecule has 3 aromatic rings. The molecule has 26 heavy (non-hydrogen) atoms. The van der Waals surface area contributed by atoms with Gasteiger partial charge in [-0.1, -0.05) is 36.4 Å². The number of hydrogen-bond donors (Lipinski definition) is 2. The lowest BCUT2D eigenvalue weighted by Gasteiger charge is -2.08. The molecule has 0 bridgehead atoms. The van der Waals surface area contributed by atoms with Crippen LogP contribution >= 0.6 is 11.3 Å². The first-order chi connectivity index (χ1) is 12.4. The Morgan fingerprint density at radius 2 is 1.88 bits per heavy atom. The molecule has 0 aliphatic heterocycles. The van der Waals surface area contributed by atoms with Crippen molar-refractivity contribution in [1.29, 1.82) is 0 Å². The first-order valence-electron chi connectivity index (χ1n) is 7.81. The predicted molar refractivity (Wildman–Crippen MR) is 102 cm³/mol. The topological polar surface area (TPSA) is 88.2 Å². The van der Waals surface area contributed by atoms with E-state index in [-0.39, 0.29) is 17.0 Å². The van der Waals surface area contributed by atoms with Crippen LogP contribution in [0.4, 0.5) is 5.13 Å². The average Bonchev–Trinajstić information content (AvgIpc) is 3.06. The number of carbonyl (C=O) groups excluding carboxylic acids is 1. The standard InChI is InChI=1S/C18H17N3O3S2/c1-13-11-19-18(25-13)21-17(22)15-8-5-9-16(10-15)26(23,24)20-12-14-6-3-2-4-7-14/h2-11,20H,12H2,1H3,(H,19,21,22). The maximum absolute atomic E-state index is 12.5. The summed E-state index contributed by atoms with van der Waals surface area (Å²) in [5.74, 6) is -0.403. The first kappa shape index (κ1) is 18.2. The van der Waals surface area contributed by atoms with Gasteiger partial charge in [-0.2, -0.15) is 0 Å². The number of hydrogen-bond acceptors (Lipinski definition) is 5. The van der Waals surface area contributed by atoms with Gasteiger partial charge in [-0.15, -0.1) is 11.3 Å². The summed E-state index contributed by atoms with van der Waals surface area (Å²) in [6.07, 6.45) is 1.66. The number of aromatic nitrogens is 1. The minimum Gasteiger partial charge on any atom is -0.298 e. The van der Waals surface area contributed by atoms with Crippen molar-refractivity contribution >= 4 is 32.4 Å². The summed E-state index contributed by atoms with van der Waals surface area (Å²) in [5, 5.41) is 3.14. The minimum atomic E-state index is -3.73. The van der Waals surface area contributed by atoms with Crippen LogP contribution in [-0.2, 0) is 16.6 Å². The molecular weight excluding hydrogens is 370 g/mol. The van der Waals surface area contributed by atoms with Gasteiger partial charge in [0.2, 0.25) is 10.0 Å². The summed E-state index contributed by atoms with van der Waals surface area (Å²) in [4.78, 5) is 17.4. The fourth-order valence-electron chi connectivity index (χ4n) is 2.24. The van der Waals surface area contributed by atoms with Gasteiger partial charge in [0.05, 0.1) is 4.90 Å². The van der Waals surface area contributed by atoms with Crippen LogP contribution in [0.3, 0.4) is 0 Å². The smallest absolute Gasteiger partial charge is 0.257 e. The molecule has 1 amide bonds. The van der Waals surface area contributed by atoms with Gasteiger partial charge in [0.15, 0.2) is 5.13 Å². The largest absolute Gasteiger partial charge is 0.298 e. The highest BCUT2D eigenvalue weighted by molar-refractivity contribution is 7.89. The number of anilines is 1. The Morgan fingerprint density at radius 3 is 2.58 bits per heavy atom. The molecule has 2 aromatic carbocycles. The lowest BCUT2D eigenvalue weighted by atomic mass is 10.2. The average molecular weight is 387 g/mol. The summed E-state index contributed by atoms with van der Waals surface area (Å²) in [5.41, 5.74) is 1.10. The Hall–Kier alpha value is -2.55. The van der Waals surface area contributed by atoms with Gasteiger partial charge in [-0.25, -0.2) is 18.1 Å². The van der Waals surface area contributed by atoms with Gasteiger partial charge in [0.25, 0.3) is 5.91 Å². The number of nitrogens with one attached hydrogen (secondary N) is 2. The van der Waals surface area contributed by atoms with Crippen LogP contribution in [0.1, 0.15) is 20.8 Å². The number of amides is 1. The minimum absolute atomic E-state index is 0.0383. The molecule has 1 heterocycles. The van der Waals surface area contributed by atoms with Gasteiger partial charge in [-0.05, 0) is 30.7 Å². The van der Waals surface area contributed by atoms with Crippen LogP contribution in [0.5, 0.6) is 0 Å². The molecule has 2 N–H and O–H groups in total. The predicted octanol–water partition coefficient (Wildman–Crippen LogP) is 3.18. The summed E-state index contributed by atoms with van der Waals surface area (Å²) in [6.45, 7) is 2.07. The summed E-state index contributed by atoms with van der Waals surface area (Å²) in [7, 11) is -3.73. The lowest BCUT2D eigenvalue weighted by molar-refractivity contribution is 0.102. The second-order valence-corrected chi connectivity index (χ2v) is 8.57. The van der Waals surface area contributed by atoms with E-state index in [1.165, 1.54) is 23.5 Å². The molecule has 8 heteroatoms. The molecule has 0 fully saturated rings. The summed E-state index contributed by atoms with van der Waals surface area (Å²) in [6, 6.07) is 15.1. The number of carbonyl (C=O) groups is 1. The highest BCUT2D eigenvalue weighted by Crippen LogP contribution is 2.18. The molecule has 6 nitrogen and oxygen atoms in total. The molecular formula is C18H17N3O3S2. The third-order valence-corrected chi connectivity index (χ3v) is 5.78. The van der Waals surface area contributed by atoms with Crippen LogP contribution in [0.15, 0.2) is 65.7 Å². The van der Waals surface area contributed by atoms with Crippen molar-refractivity contribution in [2.75, 3.05) is 5.32 Å². The third-order valence-electron chi connectivity index (χ3n) is 3.56. The van der Waals surface area contributed by atoms with Crippen LogP contribution in [0.2, 0.25) is 0 Å². The van der Waals surface area contributed by atoms with E-state index >= 15 is 0 Å². The Bertz CT molecular complexity index is 1010. The van der Waals surface area contributed by atoms with E-state index in [0.717, 1.165) is 10.4 Å². The molecule has 0 aliphatic rings. The van der Waals surface area contributed by atoms with Crippen LogP contribution in [-0.4, -0.2) is 19.3 Å². The van der Waals surface area contributed by atoms with E-state index in [0.29, 0.717) is 5.13 Å². The van der Waals surface area contributed by atoms with Crippen molar-refractivity contribution in [1.82, 2.24) is 9.71 Å². The molecule has 1 aromatic heterocycles. The summed E-state index contributed by atoms with van der Waals surface area (Å²) < 4.78 is 27.5. The maximum atomic E-state index is 12.5. The van der Waals surface area contributed by atoms with Crippen LogP contribution < -0.4 is 10.0 Å². The van der Waals surface area contributed by atoms with E-state index in [9.17, 15) is 13.2 Å². The molecule has 0 atom stereocenters. The van der Waals surface area contributed by atoms with Crippen molar-refractivity contribution in [2.24, 2.45) is 0 Å². The van der Waals surface area contributed by atoms with Gasteiger partial charge < -0.3 is 0 Å². The van der Waals surface area contributed by atoms with Crippen molar-refractivity contribution in [3.05, 3.63) is 76.8 Å². The van der Waals surface area contributed by atoms with E-state index in [4.69, 9.17) is 0 Å². The monoisotopic (exact) mass is 387 g/mol. The number of nitrogens with zero attached hydrogens (tertiary/aromatic N) is 1. The Labute approximate surface area is 156 Å². The van der Waals surface area contributed by atoms with Gasteiger partial charge in [0, 0.05) is 23.2 Å². The molecule has 3 rings (SSSR count). The fraction of sp³-hybridized carbons (Fsp3) is 0.111. The first-order valence-corrected chi connectivity index (χ1v) is 10.1. The molecule has 134 valence electrons. The van der Waals surface area contributed by atoms with E-state index < -0.39 is 15.9 Å². The molecule has 0 unspecified atom stereocenters. The lowest BCUT2D eigenvalue weighted by Crippen LogP contribution is -2.23. The maximum Gasteiger partial charge on any atom is 0.257 e. The Morgan fingerprint density at radius 1 is 1.12 bits per heavy atom. The normalized spacial score (nSPS) is 11.3. The second-order valence-electron chi connectivity index (χ2n) is 5.57. The van der Waals surface area contributed by atoms with E-state index in [2.05, 4.69) is 15.0 Å². The van der Waals surface area contributed by atoms with Crippen LogP contribution in [0, 0.1) is 6.92 Å². The molecule has 0 saturated heterocycles. The van der Waals surface area contributed by atoms with Crippen molar-refractivity contribution in [3.63, 3.8) is 0 Å². The molecule has 0 aliphatic carbocycles. The fourth-order valence-corrected chi connectivity index (χ4v) is 3.97. The van der Waals surface area contributed by atoms with Crippen molar-refractivity contribution in [3.8, 4) is 0 Å². The zero-order valence-corrected chi connectivity index (χ0v) is 15.6. The van der Waals surface area contributed by atoms with Gasteiger partial charge in [-0.3, -0.25) is 10.1 Å². The second kappa shape index (κ2) is 7.77. The van der Waals surface area contributed by atoms with Gasteiger partial charge in [0.1, 0.15) is 0 Å². The summed E-state index contributed by atoms with van der Waals surface area (Å²) >= 11 is 1.35. The highest BCUT2D eigenvalue weighted by atomic mass is 32.2. The van der Waals surface area contributed by atoms with E-state index in [1.807, 2.05) is 37.3 Å². The molecule has 0 saturated carbocycles. The Balaban J connectivity index is 1.74. The number of rotatable bonds is 6. The molecule has 0 spiro atoms. The van der Waals surface area contributed by atoms with Crippen molar-refractivity contribution < 1.29 is 13.2 Å². The Kier molecular flexibility index (Phi) is 5.46. The number of benzene rings is 2. The highest BCUT2D eigenvalue weighted by Gasteiger charge is 2.16. The third kappa shape index (κ3) is 4.54. The van der Waals surface area contributed by atoms with Gasteiger partial charge >= 0.3 is 0 Å².